The molecule has 3 N–H and O–H groups in total. The van der Waals surface area contributed by atoms with E-state index in [4.69, 9.17) is 5.73 Å². The van der Waals surface area contributed by atoms with Gasteiger partial charge in [0.1, 0.15) is 5.60 Å². The van der Waals surface area contributed by atoms with E-state index >= 15 is 0 Å². The van der Waals surface area contributed by atoms with Gasteiger partial charge in [-0.3, -0.25) is 0 Å². The molecule has 0 fully saturated rings. The van der Waals surface area contributed by atoms with E-state index in [0.717, 1.165) is 16.8 Å². The van der Waals surface area contributed by atoms with Crippen molar-refractivity contribution in [2.45, 2.75) is 40.2 Å². The first-order chi connectivity index (χ1) is 7.38. The number of hydrogen-bond acceptors (Lipinski definition) is 2. The summed E-state index contributed by atoms with van der Waals surface area (Å²) in [6.45, 7) is 9.25. The molecule has 0 unspecified atom stereocenters. The molecule has 0 bridgehead atoms. The molecule has 0 aromatic heterocycles. The Morgan fingerprint density at radius 1 is 1.25 bits per heavy atom. The van der Waals surface area contributed by atoms with Crippen molar-refractivity contribution < 1.29 is 5.11 Å². The molecule has 2 nitrogen and oxygen atoms in total. The predicted molar refractivity (Wildman–Crippen MR) is 70.1 cm³/mol. The maximum Gasteiger partial charge on any atom is 0.120 e. The van der Waals surface area contributed by atoms with Gasteiger partial charge in [0, 0.05) is 11.3 Å². The molecule has 1 aromatic rings. The van der Waals surface area contributed by atoms with Crippen LogP contribution in [0.1, 0.15) is 38.8 Å². The minimum atomic E-state index is -0.949. The lowest BCUT2D eigenvalue weighted by Crippen LogP contribution is -2.14. The van der Waals surface area contributed by atoms with Crippen molar-refractivity contribution in [2.75, 3.05) is 5.73 Å². The van der Waals surface area contributed by atoms with Crippen LogP contribution in [0.25, 0.3) is 0 Å². The normalized spacial score (nSPS) is 9.62. The monoisotopic (exact) mass is 219 g/mol. The summed E-state index contributed by atoms with van der Waals surface area (Å²) in [6.07, 6.45) is 0. The molecule has 88 valence electrons. The zero-order chi connectivity index (χ0) is 12.8. The fourth-order valence-corrected chi connectivity index (χ4v) is 0.979. The Balaban J connectivity index is 0.00000106. The van der Waals surface area contributed by atoms with Gasteiger partial charge in [0.15, 0.2) is 0 Å². The SMILES string of the molecule is CC.Cc1cc(C#CC(C)(C)O)ccc1N. The molecule has 1 rings (SSSR count). The molecule has 0 aliphatic carbocycles. The Morgan fingerprint density at radius 2 is 1.81 bits per heavy atom. The molecule has 0 saturated carbocycles. The predicted octanol–water partition coefficient (Wildman–Crippen LogP) is 2.73. The molecule has 16 heavy (non-hydrogen) atoms. The van der Waals surface area contributed by atoms with Gasteiger partial charge in [-0.1, -0.05) is 25.7 Å². The summed E-state index contributed by atoms with van der Waals surface area (Å²) in [6, 6.07) is 5.58. The highest BCUT2D eigenvalue weighted by Gasteiger charge is 2.05. The van der Waals surface area contributed by atoms with E-state index in [1.54, 1.807) is 13.8 Å². The zero-order valence-electron chi connectivity index (χ0n) is 10.8. The first kappa shape index (κ1) is 14.5. The lowest BCUT2D eigenvalue weighted by Gasteiger charge is -2.06. The molecule has 0 aliphatic heterocycles. The summed E-state index contributed by atoms with van der Waals surface area (Å²) < 4.78 is 0. The molecular formula is C14H21NO. The van der Waals surface area contributed by atoms with Crippen molar-refractivity contribution in [2.24, 2.45) is 0 Å². The molecular weight excluding hydrogens is 198 g/mol. The van der Waals surface area contributed by atoms with E-state index in [1.807, 2.05) is 39.0 Å². The van der Waals surface area contributed by atoms with E-state index in [9.17, 15) is 5.11 Å². The van der Waals surface area contributed by atoms with Crippen molar-refractivity contribution in [1.82, 2.24) is 0 Å². The van der Waals surface area contributed by atoms with Gasteiger partial charge in [0.05, 0.1) is 0 Å². The first-order valence-electron chi connectivity index (χ1n) is 5.50. The number of anilines is 1. The molecule has 1 aromatic carbocycles. The Bertz CT molecular complexity index is 391. The minimum Gasteiger partial charge on any atom is -0.399 e. The standard InChI is InChI=1S/C12H15NO.C2H6/c1-9-8-10(4-5-11(9)13)6-7-12(2,3)14;1-2/h4-5,8,14H,13H2,1-3H3;1-2H3. The summed E-state index contributed by atoms with van der Waals surface area (Å²) in [5, 5.41) is 9.40. The van der Waals surface area contributed by atoms with Crippen molar-refractivity contribution in [3.8, 4) is 11.8 Å². The van der Waals surface area contributed by atoms with Crippen LogP contribution in [-0.2, 0) is 0 Å². The average Bonchev–Trinajstić information content (AvgIpc) is 2.22. The maximum atomic E-state index is 9.40. The third kappa shape index (κ3) is 5.43. The van der Waals surface area contributed by atoms with E-state index in [-0.39, 0.29) is 0 Å². The van der Waals surface area contributed by atoms with Gasteiger partial charge in [-0.15, -0.1) is 0 Å². The lowest BCUT2D eigenvalue weighted by atomic mass is 10.1. The highest BCUT2D eigenvalue weighted by atomic mass is 16.3. The number of aliphatic hydroxyl groups is 1. The number of nitrogens with two attached hydrogens (primary N) is 1. The molecule has 0 atom stereocenters. The fourth-order valence-electron chi connectivity index (χ4n) is 0.979. The Morgan fingerprint density at radius 3 is 2.25 bits per heavy atom. The van der Waals surface area contributed by atoms with Crippen molar-refractivity contribution >= 4 is 5.69 Å². The van der Waals surface area contributed by atoms with Gasteiger partial charge in [0.2, 0.25) is 0 Å². The van der Waals surface area contributed by atoms with Crippen LogP contribution < -0.4 is 5.73 Å². The molecule has 0 aliphatic rings. The smallest absolute Gasteiger partial charge is 0.120 e. The first-order valence-corrected chi connectivity index (χ1v) is 5.50. The summed E-state index contributed by atoms with van der Waals surface area (Å²) in [5.74, 6) is 5.65. The molecule has 0 spiro atoms. The third-order valence-electron chi connectivity index (χ3n) is 1.78. The summed E-state index contributed by atoms with van der Waals surface area (Å²) in [5.41, 5.74) is 7.37. The van der Waals surface area contributed by atoms with Crippen molar-refractivity contribution in [1.29, 1.82) is 0 Å². The van der Waals surface area contributed by atoms with Gasteiger partial charge in [-0.25, -0.2) is 0 Å². The van der Waals surface area contributed by atoms with Crippen LogP contribution in [0.3, 0.4) is 0 Å². The minimum absolute atomic E-state index is 0.763. The second-order valence-corrected chi connectivity index (χ2v) is 3.88. The fraction of sp³-hybridized carbons (Fsp3) is 0.429. The summed E-state index contributed by atoms with van der Waals surface area (Å²) >= 11 is 0. The van der Waals surface area contributed by atoms with E-state index < -0.39 is 5.60 Å². The highest BCUT2D eigenvalue weighted by Crippen LogP contribution is 2.11. The summed E-state index contributed by atoms with van der Waals surface area (Å²) in [7, 11) is 0. The van der Waals surface area contributed by atoms with Gasteiger partial charge < -0.3 is 10.8 Å². The molecule has 0 heterocycles. The number of nitrogen functional groups attached to an aromatic ring is 1. The second-order valence-electron chi connectivity index (χ2n) is 3.88. The number of aryl methyl sites for hydroxylation is 1. The van der Waals surface area contributed by atoms with Gasteiger partial charge in [-0.05, 0) is 44.5 Å². The third-order valence-corrected chi connectivity index (χ3v) is 1.78. The number of rotatable bonds is 0. The topological polar surface area (TPSA) is 46.2 Å². The molecule has 0 radical (unpaired) electrons. The quantitative estimate of drug-likeness (QED) is 0.520. The van der Waals surface area contributed by atoms with Crippen LogP contribution in [-0.4, -0.2) is 10.7 Å². The Kier molecular flexibility index (Phi) is 5.63. The van der Waals surface area contributed by atoms with Crippen LogP contribution in [0.5, 0.6) is 0 Å². The van der Waals surface area contributed by atoms with Crippen molar-refractivity contribution in [3.63, 3.8) is 0 Å². The van der Waals surface area contributed by atoms with E-state index in [2.05, 4.69) is 11.8 Å². The number of hydrogen-bond donors (Lipinski definition) is 2. The van der Waals surface area contributed by atoms with E-state index in [0.29, 0.717) is 0 Å². The van der Waals surface area contributed by atoms with Gasteiger partial charge in [0.25, 0.3) is 0 Å². The highest BCUT2D eigenvalue weighted by molar-refractivity contribution is 5.51. The molecule has 0 saturated heterocycles. The zero-order valence-corrected chi connectivity index (χ0v) is 10.8. The number of benzene rings is 1. The largest absolute Gasteiger partial charge is 0.399 e. The van der Waals surface area contributed by atoms with Crippen LogP contribution in [0.15, 0.2) is 18.2 Å². The van der Waals surface area contributed by atoms with Crippen LogP contribution in [0.4, 0.5) is 5.69 Å². The van der Waals surface area contributed by atoms with E-state index in [1.165, 1.54) is 0 Å². The second kappa shape index (κ2) is 6.19. The Labute approximate surface area is 98.5 Å². The molecule has 2 heteroatoms. The maximum absolute atomic E-state index is 9.40. The van der Waals surface area contributed by atoms with Gasteiger partial charge >= 0.3 is 0 Å². The van der Waals surface area contributed by atoms with Crippen LogP contribution >= 0.6 is 0 Å². The lowest BCUT2D eigenvalue weighted by molar-refractivity contribution is 0.143. The average molecular weight is 219 g/mol. The van der Waals surface area contributed by atoms with Crippen LogP contribution in [0, 0.1) is 18.8 Å². The van der Waals surface area contributed by atoms with Gasteiger partial charge in [-0.2, -0.15) is 0 Å². The Hall–Kier alpha value is -1.46. The molecule has 0 amide bonds. The van der Waals surface area contributed by atoms with Crippen molar-refractivity contribution in [3.05, 3.63) is 29.3 Å². The van der Waals surface area contributed by atoms with Crippen LogP contribution in [0.2, 0.25) is 0 Å². The summed E-state index contributed by atoms with van der Waals surface area (Å²) in [4.78, 5) is 0.